The van der Waals surface area contributed by atoms with Crippen LogP contribution in [0.3, 0.4) is 0 Å². The van der Waals surface area contributed by atoms with E-state index in [9.17, 15) is 4.79 Å². The number of nitrogens with zero attached hydrogens (tertiary/aromatic N) is 4. The van der Waals surface area contributed by atoms with Crippen LogP contribution in [-0.4, -0.2) is 26.7 Å². The summed E-state index contributed by atoms with van der Waals surface area (Å²) in [6, 6.07) is 1.52. The number of nitriles is 1. The molecule has 0 bridgehead atoms. The number of hydrogen-bond acceptors (Lipinski definition) is 4. The second-order valence-electron chi connectivity index (χ2n) is 4.03. The minimum atomic E-state index is -0.455. The first kappa shape index (κ1) is 13.2. The van der Waals surface area contributed by atoms with Gasteiger partial charge in [0.25, 0.3) is 5.82 Å². The number of hydrogen-bond donors (Lipinski definition) is 1. The molecule has 92 valence electrons. The Kier molecular flexibility index (Phi) is 4.64. The van der Waals surface area contributed by atoms with Crippen LogP contribution in [0.15, 0.2) is 6.33 Å². The van der Waals surface area contributed by atoms with Crippen LogP contribution in [-0.2, 0) is 4.79 Å². The number of nitrogens with one attached hydrogen (secondary N) is 1. The molecule has 0 aromatic carbocycles. The van der Waals surface area contributed by atoms with Gasteiger partial charge in [-0.15, -0.1) is 5.10 Å². The molecule has 0 saturated heterocycles. The van der Waals surface area contributed by atoms with Gasteiger partial charge in [0.1, 0.15) is 18.4 Å². The molecule has 2 atom stereocenters. The van der Waals surface area contributed by atoms with Crippen LogP contribution in [0, 0.1) is 11.3 Å². The van der Waals surface area contributed by atoms with E-state index in [1.807, 2.05) is 13.0 Å². The van der Waals surface area contributed by atoms with Crippen LogP contribution in [0.4, 0.5) is 0 Å². The van der Waals surface area contributed by atoms with Crippen LogP contribution >= 0.6 is 0 Å². The highest BCUT2D eigenvalue weighted by Crippen LogP contribution is 2.05. The van der Waals surface area contributed by atoms with Crippen molar-refractivity contribution in [1.29, 1.82) is 5.26 Å². The first-order valence-electron chi connectivity index (χ1n) is 5.70. The molecule has 2 unspecified atom stereocenters. The SMILES string of the molecule is CCCC(C)NC(=O)C(C)n1cnc(C#N)n1. The van der Waals surface area contributed by atoms with Gasteiger partial charge in [-0.05, 0) is 20.3 Å². The summed E-state index contributed by atoms with van der Waals surface area (Å²) >= 11 is 0. The molecule has 1 heterocycles. The Labute approximate surface area is 101 Å². The summed E-state index contributed by atoms with van der Waals surface area (Å²) in [6.45, 7) is 5.77. The highest BCUT2D eigenvalue weighted by molar-refractivity contribution is 5.79. The van der Waals surface area contributed by atoms with E-state index in [0.29, 0.717) is 0 Å². The summed E-state index contributed by atoms with van der Waals surface area (Å²) in [5, 5.41) is 15.4. The molecular weight excluding hydrogens is 218 g/mol. The molecule has 1 rings (SSSR count). The van der Waals surface area contributed by atoms with Gasteiger partial charge in [-0.1, -0.05) is 13.3 Å². The lowest BCUT2D eigenvalue weighted by Crippen LogP contribution is -2.37. The Morgan fingerprint density at radius 3 is 2.88 bits per heavy atom. The monoisotopic (exact) mass is 235 g/mol. The molecule has 0 aliphatic heterocycles. The summed E-state index contributed by atoms with van der Waals surface area (Å²) in [6.07, 6.45) is 3.37. The van der Waals surface area contributed by atoms with E-state index < -0.39 is 6.04 Å². The van der Waals surface area contributed by atoms with E-state index in [4.69, 9.17) is 5.26 Å². The lowest BCUT2D eigenvalue weighted by atomic mass is 10.2. The maximum absolute atomic E-state index is 11.8. The molecule has 1 amide bonds. The van der Waals surface area contributed by atoms with Gasteiger partial charge < -0.3 is 5.32 Å². The van der Waals surface area contributed by atoms with Gasteiger partial charge in [0.05, 0.1) is 0 Å². The molecule has 17 heavy (non-hydrogen) atoms. The minimum absolute atomic E-state index is 0.0752. The van der Waals surface area contributed by atoms with Crippen molar-refractivity contribution in [2.75, 3.05) is 0 Å². The van der Waals surface area contributed by atoms with Crippen LogP contribution in [0.2, 0.25) is 0 Å². The number of aromatic nitrogens is 3. The van der Waals surface area contributed by atoms with Gasteiger partial charge >= 0.3 is 0 Å². The van der Waals surface area contributed by atoms with Gasteiger partial charge in [0.15, 0.2) is 0 Å². The number of carbonyl (C=O) groups is 1. The zero-order chi connectivity index (χ0) is 12.8. The van der Waals surface area contributed by atoms with Crippen molar-refractivity contribution in [1.82, 2.24) is 20.1 Å². The second kappa shape index (κ2) is 5.99. The van der Waals surface area contributed by atoms with E-state index in [-0.39, 0.29) is 17.8 Å². The Bertz CT molecular complexity index is 420. The third kappa shape index (κ3) is 3.55. The summed E-state index contributed by atoms with van der Waals surface area (Å²) in [7, 11) is 0. The molecule has 1 aromatic heterocycles. The fourth-order valence-electron chi connectivity index (χ4n) is 1.50. The van der Waals surface area contributed by atoms with E-state index in [1.165, 1.54) is 11.0 Å². The largest absolute Gasteiger partial charge is 0.352 e. The van der Waals surface area contributed by atoms with Crippen LogP contribution in [0.1, 0.15) is 45.5 Å². The van der Waals surface area contributed by atoms with Gasteiger partial charge in [-0.25, -0.2) is 9.67 Å². The lowest BCUT2D eigenvalue weighted by molar-refractivity contribution is -0.124. The minimum Gasteiger partial charge on any atom is -0.352 e. The van der Waals surface area contributed by atoms with E-state index in [2.05, 4.69) is 22.3 Å². The maximum Gasteiger partial charge on any atom is 0.252 e. The van der Waals surface area contributed by atoms with E-state index in [0.717, 1.165) is 12.8 Å². The van der Waals surface area contributed by atoms with Crippen LogP contribution in [0.25, 0.3) is 0 Å². The quantitative estimate of drug-likeness (QED) is 0.825. The number of rotatable bonds is 5. The molecule has 0 fully saturated rings. The predicted octanol–water partition coefficient (Wildman–Crippen LogP) is 1.02. The van der Waals surface area contributed by atoms with Crippen molar-refractivity contribution in [2.24, 2.45) is 0 Å². The third-order valence-electron chi connectivity index (χ3n) is 2.50. The zero-order valence-corrected chi connectivity index (χ0v) is 10.3. The van der Waals surface area contributed by atoms with Crippen LogP contribution < -0.4 is 5.32 Å². The molecule has 0 aliphatic rings. The first-order valence-corrected chi connectivity index (χ1v) is 5.70. The van der Waals surface area contributed by atoms with Crippen molar-refractivity contribution in [3.63, 3.8) is 0 Å². The van der Waals surface area contributed by atoms with Crippen LogP contribution in [0.5, 0.6) is 0 Å². The average molecular weight is 235 g/mol. The Hall–Kier alpha value is -1.90. The van der Waals surface area contributed by atoms with Crippen molar-refractivity contribution < 1.29 is 4.79 Å². The maximum atomic E-state index is 11.8. The van der Waals surface area contributed by atoms with Gasteiger partial charge in [-0.2, -0.15) is 5.26 Å². The smallest absolute Gasteiger partial charge is 0.252 e. The summed E-state index contributed by atoms with van der Waals surface area (Å²) in [4.78, 5) is 15.6. The first-order chi connectivity index (χ1) is 8.08. The molecule has 0 saturated carbocycles. The second-order valence-corrected chi connectivity index (χ2v) is 4.03. The molecule has 1 N–H and O–H groups in total. The van der Waals surface area contributed by atoms with Crippen molar-refractivity contribution in [2.45, 2.75) is 45.7 Å². The molecule has 0 spiro atoms. The number of amides is 1. The zero-order valence-electron chi connectivity index (χ0n) is 10.3. The molecule has 6 heteroatoms. The van der Waals surface area contributed by atoms with Gasteiger partial charge in [0, 0.05) is 6.04 Å². The molecular formula is C11H17N5O. The lowest BCUT2D eigenvalue weighted by Gasteiger charge is -2.16. The highest BCUT2D eigenvalue weighted by atomic mass is 16.2. The molecule has 6 nitrogen and oxygen atoms in total. The Balaban J connectivity index is 2.60. The van der Waals surface area contributed by atoms with Gasteiger partial charge in [0.2, 0.25) is 5.91 Å². The predicted molar refractivity (Wildman–Crippen MR) is 62.0 cm³/mol. The fourth-order valence-corrected chi connectivity index (χ4v) is 1.50. The molecule has 0 aliphatic carbocycles. The highest BCUT2D eigenvalue weighted by Gasteiger charge is 2.17. The standard InChI is InChI=1S/C11H17N5O/c1-4-5-8(2)14-11(17)9(3)16-7-13-10(6-12)15-16/h7-9H,4-5H2,1-3H3,(H,14,17). The third-order valence-corrected chi connectivity index (χ3v) is 2.50. The summed E-state index contributed by atoms with van der Waals surface area (Å²) in [5.74, 6) is -0.0356. The van der Waals surface area contributed by atoms with E-state index in [1.54, 1.807) is 6.92 Å². The molecule has 0 radical (unpaired) electrons. The van der Waals surface area contributed by atoms with Gasteiger partial charge in [-0.3, -0.25) is 4.79 Å². The van der Waals surface area contributed by atoms with Crippen molar-refractivity contribution in [3.8, 4) is 6.07 Å². The topological polar surface area (TPSA) is 83.6 Å². The Morgan fingerprint density at radius 2 is 2.35 bits per heavy atom. The van der Waals surface area contributed by atoms with E-state index >= 15 is 0 Å². The normalized spacial score (nSPS) is 13.8. The molecule has 1 aromatic rings. The van der Waals surface area contributed by atoms with Crippen molar-refractivity contribution in [3.05, 3.63) is 12.2 Å². The average Bonchev–Trinajstić information content (AvgIpc) is 2.76. The fraction of sp³-hybridized carbons (Fsp3) is 0.636. The number of carbonyl (C=O) groups excluding carboxylic acids is 1. The Morgan fingerprint density at radius 1 is 1.65 bits per heavy atom. The summed E-state index contributed by atoms with van der Waals surface area (Å²) < 4.78 is 1.40. The summed E-state index contributed by atoms with van der Waals surface area (Å²) in [5.41, 5.74) is 0. The van der Waals surface area contributed by atoms with Crippen molar-refractivity contribution >= 4 is 5.91 Å².